The minimum atomic E-state index is 0.942. The molecule has 2 aromatic rings. The van der Waals surface area contributed by atoms with Gasteiger partial charge >= 0.3 is 0 Å². The van der Waals surface area contributed by atoms with Crippen molar-refractivity contribution in [1.82, 2.24) is 14.9 Å². The second-order valence-corrected chi connectivity index (χ2v) is 4.82. The first-order chi connectivity index (χ1) is 9.35. The van der Waals surface area contributed by atoms with Gasteiger partial charge in [-0.05, 0) is 24.9 Å². The van der Waals surface area contributed by atoms with Crippen LogP contribution in [0.4, 0.5) is 0 Å². The molecule has 0 aliphatic rings. The molecule has 0 saturated heterocycles. The van der Waals surface area contributed by atoms with E-state index in [1.54, 1.807) is 0 Å². The van der Waals surface area contributed by atoms with E-state index in [-0.39, 0.29) is 0 Å². The Bertz CT molecular complexity index is 485. The largest absolute Gasteiger partial charge is 0.331 e. The predicted molar refractivity (Wildman–Crippen MR) is 80.0 cm³/mol. The van der Waals surface area contributed by atoms with Gasteiger partial charge in [0.05, 0.1) is 0 Å². The average molecular weight is 257 g/mol. The summed E-state index contributed by atoms with van der Waals surface area (Å²) in [5.41, 5.74) is 2.52. The van der Waals surface area contributed by atoms with Gasteiger partial charge in [0.2, 0.25) is 0 Å². The SMILES string of the molecule is CCCNCc1ccc(-c2nccn2CCC)cc1. The molecule has 0 aliphatic carbocycles. The zero-order valence-electron chi connectivity index (χ0n) is 11.9. The van der Waals surface area contributed by atoms with Crippen molar-refractivity contribution >= 4 is 0 Å². The molecule has 0 fully saturated rings. The average Bonchev–Trinajstić information content (AvgIpc) is 2.89. The Morgan fingerprint density at radius 3 is 2.58 bits per heavy atom. The van der Waals surface area contributed by atoms with Crippen LogP contribution < -0.4 is 5.32 Å². The maximum atomic E-state index is 4.46. The first-order valence-corrected chi connectivity index (χ1v) is 7.16. The Labute approximate surface area is 115 Å². The molecule has 1 aromatic heterocycles. The fourth-order valence-corrected chi connectivity index (χ4v) is 2.17. The lowest BCUT2D eigenvalue weighted by Gasteiger charge is -2.08. The summed E-state index contributed by atoms with van der Waals surface area (Å²) in [6.45, 7) is 7.41. The van der Waals surface area contributed by atoms with E-state index in [0.717, 1.165) is 31.9 Å². The molecule has 0 amide bonds. The van der Waals surface area contributed by atoms with Crippen molar-refractivity contribution in [3.63, 3.8) is 0 Å². The standard InChI is InChI=1S/C16H23N3/c1-3-9-17-13-14-5-7-15(8-6-14)16-18-10-12-19(16)11-4-2/h5-8,10,12,17H,3-4,9,11,13H2,1-2H3. The highest BCUT2D eigenvalue weighted by Gasteiger charge is 2.04. The predicted octanol–water partition coefficient (Wildman–Crippen LogP) is 3.46. The van der Waals surface area contributed by atoms with Crippen LogP contribution in [0.15, 0.2) is 36.7 Å². The molecule has 3 heteroatoms. The van der Waals surface area contributed by atoms with Gasteiger partial charge in [0.15, 0.2) is 0 Å². The van der Waals surface area contributed by atoms with Crippen molar-refractivity contribution in [2.24, 2.45) is 0 Å². The molecular formula is C16H23N3. The van der Waals surface area contributed by atoms with E-state index in [1.165, 1.54) is 17.5 Å². The quantitative estimate of drug-likeness (QED) is 0.770. The van der Waals surface area contributed by atoms with Gasteiger partial charge < -0.3 is 9.88 Å². The molecule has 2 rings (SSSR count). The Balaban J connectivity index is 2.07. The number of benzene rings is 1. The molecule has 0 radical (unpaired) electrons. The van der Waals surface area contributed by atoms with Crippen LogP contribution in [-0.4, -0.2) is 16.1 Å². The molecule has 0 spiro atoms. The fraction of sp³-hybridized carbons (Fsp3) is 0.438. The summed E-state index contributed by atoms with van der Waals surface area (Å²) < 4.78 is 2.21. The number of aryl methyl sites for hydroxylation is 1. The number of nitrogens with one attached hydrogen (secondary N) is 1. The molecule has 102 valence electrons. The van der Waals surface area contributed by atoms with Crippen LogP contribution in [0, 0.1) is 0 Å². The molecule has 19 heavy (non-hydrogen) atoms. The van der Waals surface area contributed by atoms with Crippen LogP contribution >= 0.6 is 0 Å². The van der Waals surface area contributed by atoms with E-state index in [1.807, 2.05) is 6.20 Å². The minimum Gasteiger partial charge on any atom is -0.331 e. The summed E-state index contributed by atoms with van der Waals surface area (Å²) in [5.74, 6) is 1.06. The van der Waals surface area contributed by atoms with Crippen LogP contribution in [0.3, 0.4) is 0 Å². The second kappa shape index (κ2) is 7.10. The van der Waals surface area contributed by atoms with E-state index in [9.17, 15) is 0 Å². The van der Waals surface area contributed by atoms with Crippen molar-refractivity contribution in [3.05, 3.63) is 42.2 Å². The summed E-state index contributed by atoms with van der Waals surface area (Å²) in [4.78, 5) is 4.46. The Hall–Kier alpha value is -1.61. The molecule has 0 aliphatic heterocycles. The maximum absolute atomic E-state index is 4.46. The third-order valence-corrected chi connectivity index (χ3v) is 3.15. The van der Waals surface area contributed by atoms with Crippen LogP contribution in [0.1, 0.15) is 32.3 Å². The van der Waals surface area contributed by atoms with Crippen molar-refractivity contribution in [2.75, 3.05) is 6.54 Å². The van der Waals surface area contributed by atoms with Gasteiger partial charge in [-0.25, -0.2) is 4.98 Å². The minimum absolute atomic E-state index is 0.942. The van der Waals surface area contributed by atoms with Crippen LogP contribution in [0.25, 0.3) is 11.4 Å². The molecule has 1 N–H and O–H groups in total. The molecule has 0 unspecified atom stereocenters. The maximum Gasteiger partial charge on any atom is 0.139 e. The highest BCUT2D eigenvalue weighted by Crippen LogP contribution is 2.18. The topological polar surface area (TPSA) is 29.9 Å². The summed E-state index contributed by atoms with van der Waals surface area (Å²) in [6.07, 6.45) is 6.23. The molecule has 1 heterocycles. The molecular weight excluding hydrogens is 234 g/mol. The van der Waals surface area contributed by atoms with Crippen molar-refractivity contribution < 1.29 is 0 Å². The zero-order chi connectivity index (χ0) is 13.5. The van der Waals surface area contributed by atoms with Crippen molar-refractivity contribution in [3.8, 4) is 11.4 Å². The lowest BCUT2D eigenvalue weighted by atomic mass is 10.1. The third kappa shape index (κ3) is 3.67. The summed E-state index contributed by atoms with van der Waals surface area (Å²) >= 11 is 0. The van der Waals surface area contributed by atoms with Crippen LogP contribution in [0.2, 0.25) is 0 Å². The number of nitrogens with zero attached hydrogens (tertiary/aromatic N) is 2. The number of hydrogen-bond acceptors (Lipinski definition) is 2. The third-order valence-electron chi connectivity index (χ3n) is 3.15. The normalized spacial score (nSPS) is 10.8. The molecule has 0 atom stereocenters. The summed E-state index contributed by atoms with van der Waals surface area (Å²) in [5, 5.41) is 3.42. The van der Waals surface area contributed by atoms with Crippen molar-refractivity contribution in [2.45, 2.75) is 39.8 Å². The van der Waals surface area contributed by atoms with Gasteiger partial charge in [0.1, 0.15) is 5.82 Å². The van der Waals surface area contributed by atoms with Gasteiger partial charge in [-0.2, -0.15) is 0 Å². The van der Waals surface area contributed by atoms with Crippen LogP contribution in [0.5, 0.6) is 0 Å². The number of aromatic nitrogens is 2. The van der Waals surface area contributed by atoms with E-state index in [2.05, 4.69) is 59.2 Å². The van der Waals surface area contributed by atoms with Gasteiger partial charge in [0.25, 0.3) is 0 Å². The van der Waals surface area contributed by atoms with Gasteiger partial charge in [-0.15, -0.1) is 0 Å². The molecule has 0 saturated carbocycles. The Morgan fingerprint density at radius 2 is 1.89 bits per heavy atom. The number of rotatable bonds is 7. The van der Waals surface area contributed by atoms with Gasteiger partial charge in [0, 0.05) is 31.0 Å². The molecule has 1 aromatic carbocycles. The monoisotopic (exact) mass is 257 g/mol. The van der Waals surface area contributed by atoms with E-state index in [0.29, 0.717) is 0 Å². The highest BCUT2D eigenvalue weighted by molar-refractivity contribution is 5.56. The first-order valence-electron chi connectivity index (χ1n) is 7.16. The summed E-state index contributed by atoms with van der Waals surface area (Å²) in [7, 11) is 0. The fourth-order valence-electron chi connectivity index (χ4n) is 2.17. The first kappa shape index (κ1) is 13.8. The number of hydrogen-bond donors (Lipinski definition) is 1. The Morgan fingerprint density at radius 1 is 1.11 bits per heavy atom. The number of imidazole rings is 1. The van der Waals surface area contributed by atoms with E-state index >= 15 is 0 Å². The van der Waals surface area contributed by atoms with Crippen molar-refractivity contribution in [1.29, 1.82) is 0 Å². The lowest BCUT2D eigenvalue weighted by molar-refractivity contribution is 0.675. The Kier molecular flexibility index (Phi) is 5.16. The molecule has 0 bridgehead atoms. The zero-order valence-corrected chi connectivity index (χ0v) is 11.9. The van der Waals surface area contributed by atoms with E-state index < -0.39 is 0 Å². The molecule has 3 nitrogen and oxygen atoms in total. The smallest absolute Gasteiger partial charge is 0.139 e. The van der Waals surface area contributed by atoms with Gasteiger partial charge in [-0.1, -0.05) is 38.1 Å². The van der Waals surface area contributed by atoms with Crippen LogP contribution in [-0.2, 0) is 13.1 Å². The van der Waals surface area contributed by atoms with Gasteiger partial charge in [-0.3, -0.25) is 0 Å². The lowest BCUT2D eigenvalue weighted by Crippen LogP contribution is -2.13. The summed E-state index contributed by atoms with van der Waals surface area (Å²) in [6, 6.07) is 8.70. The van der Waals surface area contributed by atoms with E-state index in [4.69, 9.17) is 0 Å². The highest BCUT2D eigenvalue weighted by atomic mass is 15.1. The second-order valence-electron chi connectivity index (χ2n) is 4.82.